The lowest BCUT2D eigenvalue weighted by atomic mass is 9.88. The Morgan fingerprint density at radius 3 is 3.00 bits per heavy atom. The quantitative estimate of drug-likeness (QED) is 0.790. The fraction of sp³-hybridized carbons (Fsp3) is 0.462. The van der Waals surface area contributed by atoms with Crippen molar-refractivity contribution in [3.05, 3.63) is 29.3 Å². The monoisotopic (exact) mass is 219 g/mol. The van der Waals surface area contributed by atoms with Crippen LogP contribution in [-0.4, -0.2) is 26.5 Å². The minimum atomic E-state index is 0.434. The van der Waals surface area contributed by atoms with Gasteiger partial charge in [-0.25, -0.2) is 0 Å². The summed E-state index contributed by atoms with van der Waals surface area (Å²) in [6.45, 7) is 2.03. The first-order valence-electron chi connectivity index (χ1n) is 5.69. The maximum Gasteiger partial charge on any atom is 0.150 e. The summed E-state index contributed by atoms with van der Waals surface area (Å²) in [5, 5.41) is 3.37. The van der Waals surface area contributed by atoms with E-state index in [9.17, 15) is 4.79 Å². The van der Waals surface area contributed by atoms with E-state index in [0.29, 0.717) is 5.92 Å². The highest BCUT2D eigenvalue weighted by Crippen LogP contribution is 2.28. The van der Waals surface area contributed by atoms with E-state index in [1.807, 2.05) is 18.2 Å². The number of ether oxygens (including phenoxy) is 1. The molecule has 0 saturated carbocycles. The van der Waals surface area contributed by atoms with Gasteiger partial charge in [-0.15, -0.1) is 0 Å². The highest BCUT2D eigenvalue weighted by atomic mass is 16.5. The van der Waals surface area contributed by atoms with Gasteiger partial charge in [-0.3, -0.25) is 4.79 Å². The molecule has 3 heteroatoms. The average Bonchev–Trinajstić information content (AvgIpc) is 2.39. The molecule has 1 heterocycles. The molecule has 0 bridgehead atoms. The molecule has 1 atom stereocenters. The van der Waals surface area contributed by atoms with E-state index in [1.165, 1.54) is 6.42 Å². The lowest BCUT2D eigenvalue weighted by molar-refractivity contribution is 0.112. The van der Waals surface area contributed by atoms with Gasteiger partial charge in [0.05, 0.1) is 7.11 Å². The van der Waals surface area contributed by atoms with Crippen LogP contribution in [0.4, 0.5) is 0 Å². The van der Waals surface area contributed by atoms with Gasteiger partial charge in [0, 0.05) is 12.1 Å². The molecule has 0 spiro atoms. The van der Waals surface area contributed by atoms with Crippen molar-refractivity contribution >= 4 is 6.29 Å². The third kappa shape index (κ3) is 2.25. The summed E-state index contributed by atoms with van der Waals surface area (Å²) in [7, 11) is 1.65. The second kappa shape index (κ2) is 5.12. The first kappa shape index (κ1) is 11.1. The van der Waals surface area contributed by atoms with E-state index in [4.69, 9.17) is 4.74 Å². The Balaban J connectivity index is 2.31. The van der Waals surface area contributed by atoms with E-state index >= 15 is 0 Å². The Morgan fingerprint density at radius 2 is 2.38 bits per heavy atom. The number of benzene rings is 1. The Hall–Kier alpha value is -1.35. The van der Waals surface area contributed by atoms with Crippen molar-refractivity contribution in [2.24, 2.45) is 0 Å². The Bertz CT molecular complexity index is 370. The molecule has 1 fully saturated rings. The molecule has 3 nitrogen and oxygen atoms in total. The fourth-order valence-corrected chi connectivity index (χ4v) is 2.26. The molecule has 1 N–H and O–H groups in total. The predicted molar refractivity (Wildman–Crippen MR) is 63.2 cm³/mol. The van der Waals surface area contributed by atoms with Crippen molar-refractivity contribution < 1.29 is 9.53 Å². The number of rotatable bonds is 3. The molecule has 1 aliphatic rings. The number of carbonyl (C=O) groups is 1. The van der Waals surface area contributed by atoms with Gasteiger partial charge in [0.25, 0.3) is 0 Å². The van der Waals surface area contributed by atoms with Gasteiger partial charge in [-0.05, 0) is 49.1 Å². The molecular formula is C13H17NO2. The van der Waals surface area contributed by atoms with E-state index in [-0.39, 0.29) is 0 Å². The zero-order valence-electron chi connectivity index (χ0n) is 9.53. The Labute approximate surface area is 95.8 Å². The summed E-state index contributed by atoms with van der Waals surface area (Å²) < 4.78 is 5.21. The largest absolute Gasteiger partial charge is 0.497 e. The minimum Gasteiger partial charge on any atom is -0.497 e. The van der Waals surface area contributed by atoms with Crippen molar-refractivity contribution in [2.75, 3.05) is 20.2 Å². The molecule has 0 radical (unpaired) electrons. The van der Waals surface area contributed by atoms with Crippen molar-refractivity contribution in [3.63, 3.8) is 0 Å². The van der Waals surface area contributed by atoms with Crippen LogP contribution in [-0.2, 0) is 0 Å². The van der Waals surface area contributed by atoms with Crippen LogP contribution in [0.15, 0.2) is 18.2 Å². The van der Waals surface area contributed by atoms with Crippen LogP contribution in [0.1, 0.15) is 34.7 Å². The number of nitrogens with one attached hydrogen (secondary N) is 1. The van der Waals surface area contributed by atoms with Gasteiger partial charge in [0.2, 0.25) is 0 Å². The Kier molecular flexibility index (Phi) is 3.57. The normalized spacial score (nSPS) is 20.4. The summed E-state index contributed by atoms with van der Waals surface area (Å²) in [4.78, 5) is 11.0. The second-order valence-corrected chi connectivity index (χ2v) is 4.16. The van der Waals surface area contributed by atoms with Gasteiger partial charge >= 0.3 is 0 Å². The maximum absolute atomic E-state index is 11.0. The number of carbonyl (C=O) groups excluding carboxylic acids is 1. The van der Waals surface area contributed by atoms with Crippen LogP contribution >= 0.6 is 0 Å². The van der Waals surface area contributed by atoms with Crippen LogP contribution in [0.2, 0.25) is 0 Å². The van der Waals surface area contributed by atoms with Crippen molar-refractivity contribution in [2.45, 2.75) is 18.8 Å². The van der Waals surface area contributed by atoms with Gasteiger partial charge in [0.1, 0.15) is 12.0 Å². The zero-order chi connectivity index (χ0) is 11.4. The van der Waals surface area contributed by atoms with Crippen LogP contribution in [0, 0.1) is 0 Å². The van der Waals surface area contributed by atoms with Crippen LogP contribution < -0.4 is 10.1 Å². The molecule has 0 aliphatic carbocycles. The van der Waals surface area contributed by atoms with Crippen LogP contribution in [0.3, 0.4) is 0 Å². The van der Waals surface area contributed by atoms with Crippen LogP contribution in [0.5, 0.6) is 5.75 Å². The highest BCUT2D eigenvalue weighted by Gasteiger charge is 2.18. The molecule has 86 valence electrons. The number of hydrogen-bond acceptors (Lipinski definition) is 3. The topological polar surface area (TPSA) is 38.3 Å². The first-order chi connectivity index (χ1) is 7.85. The average molecular weight is 219 g/mol. The minimum absolute atomic E-state index is 0.434. The molecule has 1 aliphatic heterocycles. The second-order valence-electron chi connectivity index (χ2n) is 4.16. The lowest BCUT2D eigenvalue weighted by Crippen LogP contribution is -2.28. The summed E-state index contributed by atoms with van der Waals surface area (Å²) in [5.74, 6) is 1.26. The first-order valence-corrected chi connectivity index (χ1v) is 5.69. The zero-order valence-corrected chi connectivity index (χ0v) is 9.53. The van der Waals surface area contributed by atoms with E-state index < -0.39 is 0 Å². The summed E-state index contributed by atoms with van der Waals surface area (Å²) in [5.41, 5.74) is 1.90. The van der Waals surface area contributed by atoms with Gasteiger partial charge in [-0.2, -0.15) is 0 Å². The SMILES string of the molecule is COc1ccc(C=O)c(C2CCCNC2)c1. The lowest BCUT2D eigenvalue weighted by Gasteiger charge is -2.24. The maximum atomic E-state index is 11.0. The number of methoxy groups -OCH3 is 1. The molecule has 1 aromatic rings. The standard InChI is InChI=1S/C13H17NO2/c1-16-12-5-4-11(9-15)13(7-12)10-3-2-6-14-8-10/h4-5,7,9-10,14H,2-3,6,8H2,1H3. The molecule has 1 unspecified atom stereocenters. The number of piperidine rings is 1. The van der Waals surface area contributed by atoms with E-state index in [1.54, 1.807) is 7.11 Å². The van der Waals surface area contributed by atoms with E-state index in [2.05, 4.69) is 5.32 Å². The number of hydrogen-bond donors (Lipinski definition) is 1. The summed E-state index contributed by atoms with van der Waals surface area (Å²) in [6, 6.07) is 5.67. The molecular weight excluding hydrogens is 202 g/mol. The van der Waals surface area contributed by atoms with Crippen molar-refractivity contribution in [3.8, 4) is 5.75 Å². The Morgan fingerprint density at radius 1 is 1.50 bits per heavy atom. The predicted octanol–water partition coefficient (Wildman–Crippen LogP) is 1.97. The number of aldehydes is 1. The third-order valence-corrected chi connectivity index (χ3v) is 3.16. The molecule has 1 saturated heterocycles. The highest BCUT2D eigenvalue weighted by molar-refractivity contribution is 5.78. The van der Waals surface area contributed by atoms with E-state index in [0.717, 1.165) is 42.7 Å². The third-order valence-electron chi connectivity index (χ3n) is 3.16. The smallest absolute Gasteiger partial charge is 0.150 e. The molecule has 0 amide bonds. The van der Waals surface area contributed by atoms with Gasteiger partial charge in [0.15, 0.2) is 0 Å². The van der Waals surface area contributed by atoms with Gasteiger partial charge < -0.3 is 10.1 Å². The molecule has 2 rings (SSSR count). The van der Waals surface area contributed by atoms with Crippen molar-refractivity contribution in [1.29, 1.82) is 0 Å². The van der Waals surface area contributed by atoms with Crippen LogP contribution in [0.25, 0.3) is 0 Å². The summed E-state index contributed by atoms with van der Waals surface area (Å²) in [6.07, 6.45) is 3.24. The molecule has 1 aromatic carbocycles. The van der Waals surface area contributed by atoms with Gasteiger partial charge in [-0.1, -0.05) is 0 Å². The van der Waals surface area contributed by atoms with Crippen molar-refractivity contribution in [1.82, 2.24) is 5.32 Å². The molecule has 16 heavy (non-hydrogen) atoms. The fourth-order valence-electron chi connectivity index (χ4n) is 2.26. The molecule has 0 aromatic heterocycles. The summed E-state index contributed by atoms with van der Waals surface area (Å²) >= 11 is 0.